The van der Waals surface area contributed by atoms with Crippen LogP contribution in [0.3, 0.4) is 0 Å². The van der Waals surface area contributed by atoms with Crippen molar-refractivity contribution in [3.05, 3.63) is 0 Å². The fourth-order valence-electron chi connectivity index (χ4n) is 0.141. The van der Waals surface area contributed by atoms with Gasteiger partial charge in [0.1, 0.15) is 0 Å². The van der Waals surface area contributed by atoms with Gasteiger partial charge in [-0.3, -0.25) is 4.55 Å². The van der Waals surface area contributed by atoms with E-state index in [1.54, 1.807) is 0 Å². The van der Waals surface area contributed by atoms with Gasteiger partial charge in [0, 0.05) is 0 Å². The third-order valence-electron chi connectivity index (χ3n) is 0.666. The monoisotopic (exact) mass is 191 g/mol. The summed E-state index contributed by atoms with van der Waals surface area (Å²) in [4.78, 5) is 3.12. The summed E-state index contributed by atoms with van der Waals surface area (Å²) in [7, 11) is -4.06. The van der Waals surface area contributed by atoms with E-state index in [9.17, 15) is 8.42 Å². The maximum atomic E-state index is 10.1. The Hall–Kier alpha value is 0.710. The normalized spacial score (nSPS) is 12.6. The Kier molecular flexibility index (Phi) is 7.15. The molecule has 10 heavy (non-hydrogen) atoms. The van der Waals surface area contributed by atoms with Gasteiger partial charge in [0.05, 0.1) is 5.16 Å². The zero-order chi connectivity index (χ0) is 7.49. The van der Waals surface area contributed by atoms with E-state index in [1.807, 2.05) is 5.16 Å². The van der Waals surface area contributed by atoms with E-state index in [1.165, 1.54) is 6.92 Å². The van der Waals surface area contributed by atoms with Crippen molar-refractivity contribution in [2.24, 2.45) is 4.99 Å². The molecule has 1 unspecified atom stereocenters. The molecule has 4 nitrogen and oxygen atoms in total. The molecule has 1 atom stereocenters. The number of aliphatic imine (C=N–C) groups is 1. The molecule has 0 rings (SSSR count). The van der Waals surface area contributed by atoms with Crippen LogP contribution < -0.4 is 29.6 Å². The summed E-state index contributed by atoms with van der Waals surface area (Å²) in [5, 5.41) is 0.644. The number of hydrogen-bond acceptors (Lipinski definition) is 4. The molecule has 54 valence electrons. The first-order valence-electron chi connectivity index (χ1n) is 2.01. The molecule has 0 saturated heterocycles. The van der Waals surface area contributed by atoms with Gasteiger partial charge in [-0.1, -0.05) is 0 Å². The largest absolute Gasteiger partial charge is 1.00 e. The number of isothiocyanates is 1. The van der Waals surface area contributed by atoms with Gasteiger partial charge in [-0.2, -0.15) is 8.42 Å². The summed E-state index contributed by atoms with van der Waals surface area (Å²) in [5.41, 5.74) is 0. The molecule has 0 amide bonds. The third-order valence-corrected chi connectivity index (χ3v) is 1.74. The van der Waals surface area contributed by atoms with Crippen molar-refractivity contribution < 1.29 is 44.0 Å². The molecule has 0 aromatic carbocycles. The number of rotatable bonds is 2. The quantitative estimate of drug-likeness (QED) is 0.226. The Labute approximate surface area is 88.3 Å². The Bertz CT molecular complexity index is 235. The Morgan fingerprint density at radius 1 is 1.80 bits per heavy atom. The van der Waals surface area contributed by atoms with Crippen LogP contribution in [-0.4, -0.2) is 23.5 Å². The second kappa shape index (κ2) is 5.37. The van der Waals surface area contributed by atoms with Gasteiger partial charge in [-0.15, -0.1) is 0 Å². The fraction of sp³-hybridized carbons (Fsp3) is 0.667. The summed E-state index contributed by atoms with van der Waals surface area (Å²) in [6, 6.07) is 0. The van der Waals surface area contributed by atoms with Crippen LogP contribution in [0, 0.1) is 0 Å². The van der Waals surface area contributed by atoms with Crippen molar-refractivity contribution in [2.45, 2.75) is 12.3 Å². The van der Waals surface area contributed by atoms with Gasteiger partial charge >= 0.3 is 29.6 Å². The first-order chi connectivity index (χ1) is 3.98. The van der Waals surface area contributed by atoms with Crippen LogP contribution in [0.4, 0.5) is 0 Å². The van der Waals surface area contributed by atoms with E-state index in [4.69, 9.17) is 4.55 Å². The van der Waals surface area contributed by atoms with Crippen LogP contribution >= 0.6 is 12.2 Å². The maximum absolute atomic E-state index is 10.1. The molecule has 0 aliphatic carbocycles. The van der Waals surface area contributed by atoms with Crippen molar-refractivity contribution in [1.82, 2.24) is 0 Å². The van der Waals surface area contributed by atoms with Crippen molar-refractivity contribution in [3.63, 3.8) is 0 Å². The fourth-order valence-corrected chi connectivity index (χ4v) is 0.552. The SMILES string of the molecule is CC(N=C=S)S(=O)(=O)O.[H-].[Na+]. The number of nitrogens with zero attached hydrogens (tertiary/aromatic N) is 1. The summed E-state index contributed by atoms with van der Waals surface area (Å²) >= 11 is 4.10. The minimum Gasteiger partial charge on any atom is -1.00 e. The van der Waals surface area contributed by atoms with E-state index in [0.29, 0.717) is 0 Å². The second-order valence-corrected chi connectivity index (χ2v) is 3.23. The average Bonchev–Trinajstić information content (AvgIpc) is 1.64. The van der Waals surface area contributed by atoms with Crippen molar-refractivity contribution in [3.8, 4) is 0 Å². The molecular weight excluding hydrogens is 185 g/mol. The van der Waals surface area contributed by atoms with Crippen LogP contribution in [0.15, 0.2) is 4.99 Å². The molecule has 0 aromatic heterocycles. The van der Waals surface area contributed by atoms with Crippen LogP contribution in [0.5, 0.6) is 0 Å². The Morgan fingerprint density at radius 3 is 2.30 bits per heavy atom. The number of hydrogen-bond donors (Lipinski definition) is 1. The summed E-state index contributed by atoms with van der Waals surface area (Å²) in [6.45, 7) is 1.20. The number of thiocarbonyl (C=S) groups is 1. The minimum atomic E-state index is -4.06. The topological polar surface area (TPSA) is 66.7 Å². The molecule has 0 aromatic rings. The zero-order valence-corrected chi connectivity index (χ0v) is 9.24. The predicted molar refractivity (Wildman–Crippen MR) is 37.1 cm³/mol. The van der Waals surface area contributed by atoms with E-state index in [-0.39, 0.29) is 31.0 Å². The molecule has 0 radical (unpaired) electrons. The van der Waals surface area contributed by atoms with Crippen LogP contribution in [0.25, 0.3) is 0 Å². The van der Waals surface area contributed by atoms with Gasteiger partial charge in [0.25, 0.3) is 10.1 Å². The molecule has 0 heterocycles. The van der Waals surface area contributed by atoms with Gasteiger partial charge in [0.15, 0.2) is 5.37 Å². The van der Waals surface area contributed by atoms with Gasteiger partial charge in [-0.25, -0.2) is 4.99 Å². The van der Waals surface area contributed by atoms with Gasteiger partial charge in [0.2, 0.25) is 0 Å². The van der Waals surface area contributed by atoms with E-state index in [0.717, 1.165) is 0 Å². The third kappa shape index (κ3) is 5.49. The van der Waals surface area contributed by atoms with Crippen LogP contribution in [0.1, 0.15) is 8.35 Å². The smallest absolute Gasteiger partial charge is 1.00 e. The minimum absolute atomic E-state index is 0. The molecule has 0 aliphatic heterocycles. The van der Waals surface area contributed by atoms with E-state index in [2.05, 4.69) is 17.2 Å². The molecule has 0 fully saturated rings. The first kappa shape index (κ1) is 13.3. The molecule has 0 saturated carbocycles. The molecule has 0 bridgehead atoms. The summed E-state index contributed by atoms with van der Waals surface area (Å²) < 4.78 is 28.4. The second-order valence-electron chi connectivity index (χ2n) is 1.33. The standard InChI is InChI=1S/C3H5NO3S2.Na.H/c1-3(4-2-8)9(5,6)7;;/h3H,1H3,(H,5,6,7);;/q;+1;-1. The van der Waals surface area contributed by atoms with E-state index >= 15 is 0 Å². The zero-order valence-electron chi connectivity index (χ0n) is 6.60. The van der Waals surface area contributed by atoms with Crippen molar-refractivity contribution in [1.29, 1.82) is 0 Å². The van der Waals surface area contributed by atoms with Gasteiger partial charge in [-0.05, 0) is 19.1 Å². The molecule has 0 spiro atoms. The molecule has 1 N–H and O–H groups in total. The van der Waals surface area contributed by atoms with Crippen molar-refractivity contribution >= 4 is 27.5 Å². The van der Waals surface area contributed by atoms with Crippen LogP contribution in [-0.2, 0) is 10.1 Å². The van der Waals surface area contributed by atoms with Crippen LogP contribution in [0.2, 0.25) is 0 Å². The van der Waals surface area contributed by atoms with Gasteiger partial charge < -0.3 is 1.43 Å². The van der Waals surface area contributed by atoms with E-state index < -0.39 is 15.5 Å². The Morgan fingerprint density at radius 2 is 2.20 bits per heavy atom. The Balaban J connectivity index is -0.000000320. The molecular formula is C3H6NNaO3S2. The summed E-state index contributed by atoms with van der Waals surface area (Å²) in [5.74, 6) is 0. The van der Waals surface area contributed by atoms with Crippen molar-refractivity contribution in [2.75, 3.05) is 0 Å². The average molecular weight is 191 g/mol. The maximum Gasteiger partial charge on any atom is 1.00 e. The predicted octanol–water partition coefficient (Wildman–Crippen LogP) is -2.56. The molecule has 0 aliphatic rings. The summed E-state index contributed by atoms with van der Waals surface area (Å²) in [6.07, 6.45) is 0. The molecule has 7 heteroatoms. The first-order valence-corrected chi connectivity index (χ1v) is 3.93.